The second kappa shape index (κ2) is 4.40. The first-order valence-corrected chi connectivity index (χ1v) is 4.71. The summed E-state index contributed by atoms with van der Waals surface area (Å²) < 4.78 is 5.17. The standard InChI is InChI=1S/C11H15NO3/c1-11(2,3)15-10(14)8-4-5-12-9(6-8)7-13/h4-6,13H,7H2,1-3H3. The molecule has 1 aromatic heterocycles. The molecule has 0 aromatic carbocycles. The van der Waals surface area contributed by atoms with Crippen molar-refractivity contribution in [3.63, 3.8) is 0 Å². The largest absolute Gasteiger partial charge is 0.456 e. The Hall–Kier alpha value is -1.42. The Morgan fingerprint density at radius 1 is 1.53 bits per heavy atom. The van der Waals surface area contributed by atoms with Crippen LogP contribution in [0.2, 0.25) is 0 Å². The molecule has 1 heterocycles. The third kappa shape index (κ3) is 3.67. The van der Waals surface area contributed by atoms with Gasteiger partial charge in [-0.25, -0.2) is 4.79 Å². The van der Waals surface area contributed by atoms with Crippen molar-refractivity contribution >= 4 is 5.97 Å². The summed E-state index contributed by atoms with van der Waals surface area (Å²) in [6.45, 7) is 5.23. The quantitative estimate of drug-likeness (QED) is 0.750. The summed E-state index contributed by atoms with van der Waals surface area (Å²) in [5.74, 6) is -0.403. The van der Waals surface area contributed by atoms with Crippen molar-refractivity contribution < 1.29 is 14.6 Å². The van der Waals surface area contributed by atoms with Gasteiger partial charge in [0, 0.05) is 6.20 Å². The van der Waals surface area contributed by atoms with Gasteiger partial charge in [-0.3, -0.25) is 4.98 Å². The molecule has 0 aliphatic carbocycles. The summed E-state index contributed by atoms with van der Waals surface area (Å²) in [5, 5.41) is 8.86. The molecule has 0 spiro atoms. The number of aliphatic hydroxyl groups is 1. The molecule has 0 aliphatic heterocycles. The molecule has 0 amide bonds. The molecule has 4 nitrogen and oxygen atoms in total. The number of esters is 1. The van der Waals surface area contributed by atoms with E-state index in [-0.39, 0.29) is 6.61 Å². The Labute approximate surface area is 88.9 Å². The number of carbonyl (C=O) groups is 1. The summed E-state index contributed by atoms with van der Waals surface area (Å²) in [6.07, 6.45) is 1.48. The Kier molecular flexibility index (Phi) is 3.42. The van der Waals surface area contributed by atoms with Crippen molar-refractivity contribution in [3.8, 4) is 0 Å². The molecule has 0 fully saturated rings. The van der Waals surface area contributed by atoms with E-state index in [1.165, 1.54) is 12.3 Å². The molecule has 15 heavy (non-hydrogen) atoms. The van der Waals surface area contributed by atoms with Crippen molar-refractivity contribution in [2.45, 2.75) is 33.0 Å². The predicted molar refractivity (Wildman–Crippen MR) is 55.3 cm³/mol. The van der Waals surface area contributed by atoms with E-state index in [1.807, 2.05) is 0 Å². The molecule has 0 atom stereocenters. The molecular formula is C11H15NO3. The van der Waals surface area contributed by atoms with E-state index in [4.69, 9.17) is 9.84 Å². The van der Waals surface area contributed by atoms with Crippen LogP contribution in [0.5, 0.6) is 0 Å². The van der Waals surface area contributed by atoms with Crippen LogP contribution >= 0.6 is 0 Å². The zero-order valence-corrected chi connectivity index (χ0v) is 9.15. The highest BCUT2D eigenvalue weighted by molar-refractivity contribution is 5.89. The number of pyridine rings is 1. The van der Waals surface area contributed by atoms with E-state index >= 15 is 0 Å². The van der Waals surface area contributed by atoms with Gasteiger partial charge in [0.05, 0.1) is 17.9 Å². The van der Waals surface area contributed by atoms with Gasteiger partial charge in [0.15, 0.2) is 0 Å². The van der Waals surface area contributed by atoms with Gasteiger partial charge in [-0.2, -0.15) is 0 Å². The van der Waals surface area contributed by atoms with Gasteiger partial charge in [-0.15, -0.1) is 0 Å². The summed E-state index contributed by atoms with van der Waals surface area (Å²) in [4.78, 5) is 15.5. The molecule has 82 valence electrons. The monoisotopic (exact) mass is 209 g/mol. The zero-order chi connectivity index (χ0) is 11.5. The third-order valence-corrected chi connectivity index (χ3v) is 1.61. The van der Waals surface area contributed by atoms with Crippen LogP contribution < -0.4 is 0 Å². The Morgan fingerprint density at radius 3 is 2.73 bits per heavy atom. The van der Waals surface area contributed by atoms with E-state index in [2.05, 4.69) is 4.98 Å². The van der Waals surface area contributed by atoms with Gasteiger partial charge in [-0.05, 0) is 32.9 Å². The van der Waals surface area contributed by atoms with Gasteiger partial charge in [0.1, 0.15) is 5.60 Å². The molecule has 4 heteroatoms. The second-order valence-electron chi connectivity index (χ2n) is 4.20. The highest BCUT2D eigenvalue weighted by Gasteiger charge is 2.17. The highest BCUT2D eigenvalue weighted by Crippen LogP contribution is 2.12. The van der Waals surface area contributed by atoms with Gasteiger partial charge < -0.3 is 9.84 Å². The maximum Gasteiger partial charge on any atom is 0.338 e. The fourth-order valence-corrected chi connectivity index (χ4v) is 1.03. The summed E-state index contributed by atoms with van der Waals surface area (Å²) in [7, 11) is 0. The molecule has 0 bridgehead atoms. The van der Waals surface area contributed by atoms with Gasteiger partial charge >= 0.3 is 5.97 Å². The lowest BCUT2D eigenvalue weighted by Gasteiger charge is -2.19. The summed E-state index contributed by atoms with van der Waals surface area (Å²) in [6, 6.07) is 3.08. The van der Waals surface area contributed by atoms with Crippen LogP contribution in [0.25, 0.3) is 0 Å². The minimum Gasteiger partial charge on any atom is -0.456 e. The minimum absolute atomic E-state index is 0.184. The number of carbonyl (C=O) groups excluding carboxylic acids is 1. The lowest BCUT2D eigenvalue weighted by atomic mass is 10.2. The number of hydrogen-bond acceptors (Lipinski definition) is 4. The normalized spacial score (nSPS) is 11.2. The fraction of sp³-hybridized carbons (Fsp3) is 0.455. The molecule has 1 N–H and O–H groups in total. The van der Waals surface area contributed by atoms with Crippen LogP contribution in [0.1, 0.15) is 36.8 Å². The molecule has 0 unspecified atom stereocenters. The van der Waals surface area contributed by atoms with Crippen LogP contribution in [0.15, 0.2) is 18.3 Å². The SMILES string of the molecule is CC(C)(C)OC(=O)c1ccnc(CO)c1. The van der Waals surface area contributed by atoms with E-state index in [1.54, 1.807) is 26.8 Å². The van der Waals surface area contributed by atoms with Crippen molar-refractivity contribution in [1.82, 2.24) is 4.98 Å². The fourth-order valence-electron chi connectivity index (χ4n) is 1.03. The smallest absolute Gasteiger partial charge is 0.338 e. The van der Waals surface area contributed by atoms with Gasteiger partial charge in [0.25, 0.3) is 0 Å². The number of aromatic nitrogens is 1. The molecule has 0 aliphatic rings. The highest BCUT2D eigenvalue weighted by atomic mass is 16.6. The Bertz CT molecular complexity index is 355. The third-order valence-electron chi connectivity index (χ3n) is 1.61. The lowest BCUT2D eigenvalue weighted by Crippen LogP contribution is -2.24. The molecule has 0 saturated heterocycles. The van der Waals surface area contributed by atoms with E-state index in [9.17, 15) is 4.79 Å². The minimum atomic E-state index is -0.514. The Balaban J connectivity index is 2.82. The molecular weight excluding hydrogens is 194 g/mol. The van der Waals surface area contributed by atoms with Crippen LogP contribution in [0.3, 0.4) is 0 Å². The van der Waals surface area contributed by atoms with Crippen LogP contribution in [-0.2, 0) is 11.3 Å². The number of hydrogen-bond donors (Lipinski definition) is 1. The van der Waals surface area contributed by atoms with Crippen molar-refractivity contribution in [3.05, 3.63) is 29.6 Å². The van der Waals surface area contributed by atoms with Crippen LogP contribution in [-0.4, -0.2) is 21.7 Å². The number of ether oxygens (including phenoxy) is 1. The zero-order valence-electron chi connectivity index (χ0n) is 9.15. The lowest BCUT2D eigenvalue weighted by molar-refractivity contribution is 0.00692. The van der Waals surface area contributed by atoms with Crippen LogP contribution in [0.4, 0.5) is 0 Å². The van der Waals surface area contributed by atoms with Crippen molar-refractivity contribution in [2.75, 3.05) is 0 Å². The first kappa shape index (κ1) is 11.7. The Morgan fingerprint density at radius 2 is 2.20 bits per heavy atom. The molecule has 0 saturated carbocycles. The second-order valence-corrected chi connectivity index (χ2v) is 4.20. The van der Waals surface area contributed by atoms with Crippen molar-refractivity contribution in [2.24, 2.45) is 0 Å². The number of aliphatic hydroxyl groups excluding tert-OH is 1. The number of rotatable bonds is 2. The maximum absolute atomic E-state index is 11.6. The van der Waals surface area contributed by atoms with Crippen LogP contribution in [0, 0.1) is 0 Å². The molecule has 0 radical (unpaired) electrons. The summed E-state index contributed by atoms with van der Waals surface area (Å²) in [5.41, 5.74) is 0.349. The van der Waals surface area contributed by atoms with Crippen molar-refractivity contribution in [1.29, 1.82) is 0 Å². The first-order chi connectivity index (χ1) is 6.92. The van der Waals surface area contributed by atoms with Gasteiger partial charge in [0.2, 0.25) is 0 Å². The van der Waals surface area contributed by atoms with E-state index < -0.39 is 11.6 Å². The topological polar surface area (TPSA) is 59.4 Å². The maximum atomic E-state index is 11.6. The molecule has 1 rings (SSSR count). The number of nitrogens with zero attached hydrogens (tertiary/aromatic N) is 1. The molecule has 1 aromatic rings. The van der Waals surface area contributed by atoms with Gasteiger partial charge in [-0.1, -0.05) is 0 Å². The average Bonchev–Trinajstić information content (AvgIpc) is 2.15. The average molecular weight is 209 g/mol. The van der Waals surface area contributed by atoms with E-state index in [0.29, 0.717) is 11.3 Å². The summed E-state index contributed by atoms with van der Waals surface area (Å²) >= 11 is 0. The van der Waals surface area contributed by atoms with E-state index in [0.717, 1.165) is 0 Å². The predicted octanol–water partition coefficient (Wildman–Crippen LogP) is 1.53. The first-order valence-electron chi connectivity index (χ1n) is 4.71.